The van der Waals surface area contributed by atoms with Crippen LogP contribution in [0.15, 0.2) is 12.1 Å². The molecule has 0 heterocycles. The molecule has 0 fully saturated rings. The summed E-state index contributed by atoms with van der Waals surface area (Å²) in [6.07, 6.45) is 0.892. The topological polar surface area (TPSA) is 43.4 Å². The van der Waals surface area contributed by atoms with Gasteiger partial charge in [0.25, 0.3) is 0 Å². The van der Waals surface area contributed by atoms with Gasteiger partial charge in [0.2, 0.25) is 0 Å². The number of rotatable bonds is 2. The lowest BCUT2D eigenvalue weighted by Gasteiger charge is -2.09. The summed E-state index contributed by atoms with van der Waals surface area (Å²) in [4.78, 5) is 22.6. The van der Waals surface area contributed by atoms with Crippen molar-refractivity contribution in [2.24, 2.45) is 0 Å². The molecule has 0 saturated carbocycles. The van der Waals surface area contributed by atoms with Gasteiger partial charge >= 0.3 is 0 Å². The SMILES string of the molecule is COC1CC(=O)c2c(C=O)cc(C)cc21. The molecule has 0 radical (unpaired) electrons. The zero-order chi connectivity index (χ0) is 11.0. The minimum atomic E-state index is -0.189. The fourth-order valence-corrected chi connectivity index (χ4v) is 2.10. The predicted molar refractivity (Wildman–Crippen MR) is 55.3 cm³/mol. The van der Waals surface area contributed by atoms with E-state index in [-0.39, 0.29) is 11.9 Å². The number of methoxy groups -OCH3 is 1. The minimum Gasteiger partial charge on any atom is -0.376 e. The lowest BCUT2D eigenvalue weighted by Crippen LogP contribution is -1.99. The van der Waals surface area contributed by atoms with Gasteiger partial charge in [-0.05, 0) is 18.6 Å². The highest BCUT2D eigenvalue weighted by Crippen LogP contribution is 2.35. The van der Waals surface area contributed by atoms with Crippen molar-refractivity contribution in [2.45, 2.75) is 19.4 Å². The number of aryl methyl sites for hydroxylation is 1. The number of ketones is 1. The Hall–Kier alpha value is -1.48. The highest BCUT2D eigenvalue weighted by molar-refractivity contribution is 6.07. The summed E-state index contributed by atoms with van der Waals surface area (Å²) >= 11 is 0. The van der Waals surface area contributed by atoms with Crippen LogP contribution < -0.4 is 0 Å². The Morgan fingerprint density at radius 1 is 1.47 bits per heavy atom. The van der Waals surface area contributed by atoms with Crippen LogP contribution in [0.3, 0.4) is 0 Å². The molecule has 3 nitrogen and oxygen atoms in total. The molecule has 78 valence electrons. The summed E-state index contributed by atoms with van der Waals surface area (Å²) in [6.45, 7) is 1.91. The van der Waals surface area contributed by atoms with E-state index in [2.05, 4.69) is 0 Å². The van der Waals surface area contributed by atoms with Gasteiger partial charge < -0.3 is 4.74 Å². The van der Waals surface area contributed by atoms with E-state index in [1.165, 1.54) is 0 Å². The number of carbonyl (C=O) groups is 2. The molecule has 1 aliphatic rings. The molecule has 1 unspecified atom stereocenters. The standard InChI is InChI=1S/C12H12O3/c1-7-3-8(6-13)12-9(4-7)11(15-2)5-10(12)14/h3-4,6,11H,5H2,1-2H3. The smallest absolute Gasteiger partial charge is 0.166 e. The van der Waals surface area contributed by atoms with Crippen LogP contribution in [-0.2, 0) is 4.74 Å². The van der Waals surface area contributed by atoms with Gasteiger partial charge in [0.15, 0.2) is 12.1 Å². The third-order valence-corrected chi connectivity index (χ3v) is 2.75. The maximum Gasteiger partial charge on any atom is 0.166 e. The van der Waals surface area contributed by atoms with E-state index in [1.54, 1.807) is 13.2 Å². The highest BCUT2D eigenvalue weighted by atomic mass is 16.5. The number of Topliss-reactive ketones (excluding diaryl/α,β-unsaturated/α-hetero) is 1. The molecule has 15 heavy (non-hydrogen) atoms. The maximum absolute atomic E-state index is 11.7. The number of ether oxygens (including phenoxy) is 1. The molecule has 0 bridgehead atoms. The molecular weight excluding hydrogens is 192 g/mol. The number of benzene rings is 1. The second kappa shape index (κ2) is 3.59. The first kappa shape index (κ1) is 10.1. The van der Waals surface area contributed by atoms with Crippen molar-refractivity contribution in [1.29, 1.82) is 0 Å². The van der Waals surface area contributed by atoms with E-state index in [4.69, 9.17) is 4.74 Å². The number of hydrogen-bond donors (Lipinski definition) is 0. The van der Waals surface area contributed by atoms with Crippen LogP contribution in [0.25, 0.3) is 0 Å². The van der Waals surface area contributed by atoms with E-state index in [9.17, 15) is 9.59 Å². The zero-order valence-corrected chi connectivity index (χ0v) is 8.74. The first-order chi connectivity index (χ1) is 7.17. The molecule has 1 aromatic carbocycles. The van der Waals surface area contributed by atoms with Crippen LogP contribution in [0.2, 0.25) is 0 Å². The summed E-state index contributed by atoms with van der Waals surface area (Å²) in [6, 6.07) is 3.66. The Labute approximate surface area is 88.1 Å². The molecule has 3 heteroatoms. The van der Waals surface area contributed by atoms with E-state index in [0.29, 0.717) is 17.5 Å². The average Bonchev–Trinajstić information content (AvgIpc) is 2.54. The van der Waals surface area contributed by atoms with Crippen molar-refractivity contribution in [3.8, 4) is 0 Å². The molecule has 1 aromatic rings. The third-order valence-electron chi connectivity index (χ3n) is 2.75. The molecule has 0 aromatic heterocycles. The molecule has 1 aliphatic carbocycles. The van der Waals surface area contributed by atoms with Gasteiger partial charge in [0, 0.05) is 24.7 Å². The highest BCUT2D eigenvalue weighted by Gasteiger charge is 2.31. The molecule has 0 aliphatic heterocycles. The molecule has 0 spiro atoms. The Bertz CT molecular complexity index is 435. The third kappa shape index (κ3) is 1.49. The summed E-state index contributed by atoms with van der Waals surface area (Å²) in [5, 5.41) is 0. The summed E-state index contributed by atoms with van der Waals surface area (Å²) in [5.74, 6) is -0.000972. The lowest BCUT2D eigenvalue weighted by molar-refractivity contribution is 0.0811. The second-order valence-corrected chi connectivity index (χ2v) is 3.79. The molecule has 2 rings (SSSR count). The van der Waals surface area contributed by atoms with Crippen LogP contribution in [-0.4, -0.2) is 19.2 Å². The van der Waals surface area contributed by atoms with Crippen LogP contribution in [0.1, 0.15) is 44.4 Å². The maximum atomic E-state index is 11.7. The van der Waals surface area contributed by atoms with Crippen LogP contribution in [0.5, 0.6) is 0 Å². The fourth-order valence-electron chi connectivity index (χ4n) is 2.10. The average molecular weight is 204 g/mol. The van der Waals surface area contributed by atoms with E-state index < -0.39 is 0 Å². The monoisotopic (exact) mass is 204 g/mol. The van der Waals surface area contributed by atoms with Gasteiger partial charge in [-0.3, -0.25) is 9.59 Å². The summed E-state index contributed by atoms with van der Waals surface area (Å²) in [5.41, 5.74) is 2.86. The van der Waals surface area contributed by atoms with E-state index in [0.717, 1.165) is 17.4 Å². The van der Waals surface area contributed by atoms with E-state index in [1.807, 2.05) is 13.0 Å². The van der Waals surface area contributed by atoms with Crippen molar-refractivity contribution in [3.63, 3.8) is 0 Å². The van der Waals surface area contributed by atoms with Gasteiger partial charge in [-0.15, -0.1) is 0 Å². The summed E-state index contributed by atoms with van der Waals surface area (Å²) < 4.78 is 5.23. The number of carbonyl (C=O) groups excluding carboxylic acids is 2. The molecule has 0 saturated heterocycles. The molecule has 1 atom stereocenters. The largest absolute Gasteiger partial charge is 0.376 e. The minimum absolute atomic E-state index is 0.000972. The van der Waals surface area contributed by atoms with Gasteiger partial charge in [0.05, 0.1) is 6.10 Å². The number of fused-ring (bicyclic) bond motifs is 1. The number of hydrogen-bond acceptors (Lipinski definition) is 3. The van der Waals surface area contributed by atoms with Gasteiger partial charge in [0.1, 0.15) is 0 Å². The van der Waals surface area contributed by atoms with Gasteiger partial charge in [-0.25, -0.2) is 0 Å². The van der Waals surface area contributed by atoms with Crippen LogP contribution >= 0.6 is 0 Å². The van der Waals surface area contributed by atoms with Crippen molar-refractivity contribution >= 4 is 12.1 Å². The first-order valence-corrected chi connectivity index (χ1v) is 4.83. The van der Waals surface area contributed by atoms with Crippen LogP contribution in [0.4, 0.5) is 0 Å². The van der Waals surface area contributed by atoms with Crippen molar-refractivity contribution < 1.29 is 14.3 Å². The van der Waals surface area contributed by atoms with E-state index >= 15 is 0 Å². The van der Waals surface area contributed by atoms with Crippen LogP contribution in [0, 0.1) is 6.92 Å². The zero-order valence-electron chi connectivity index (χ0n) is 8.74. The van der Waals surface area contributed by atoms with Gasteiger partial charge in [-0.2, -0.15) is 0 Å². The normalized spacial score (nSPS) is 19.1. The Morgan fingerprint density at radius 3 is 2.80 bits per heavy atom. The fraction of sp³-hybridized carbons (Fsp3) is 0.333. The Morgan fingerprint density at radius 2 is 2.20 bits per heavy atom. The predicted octanol–water partition coefficient (Wildman–Crippen LogP) is 2.08. The molecular formula is C12H12O3. The molecule has 0 amide bonds. The lowest BCUT2D eigenvalue weighted by atomic mass is 10.00. The van der Waals surface area contributed by atoms with Crippen molar-refractivity contribution in [2.75, 3.05) is 7.11 Å². The second-order valence-electron chi connectivity index (χ2n) is 3.79. The van der Waals surface area contributed by atoms with Gasteiger partial charge in [-0.1, -0.05) is 11.6 Å². The Kier molecular flexibility index (Phi) is 2.40. The number of aldehydes is 1. The quantitative estimate of drug-likeness (QED) is 0.693. The molecule has 0 N–H and O–H groups in total. The summed E-state index contributed by atoms with van der Waals surface area (Å²) in [7, 11) is 1.58. The Balaban J connectivity index is 2.66. The first-order valence-electron chi connectivity index (χ1n) is 4.83. The van der Waals surface area contributed by atoms with Crippen molar-refractivity contribution in [1.82, 2.24) is 0 Å². The van der Waals surface area contributed by atoms with Crippen molar-refractivity contribution in [3.05, 3.63) is 34.4 Å².